The van der Waals surface area contributed by atoms with Crippen LogP contribution in [-0.2, 0) is 48.1 Å². The van der Waals surface area contributed by atoms with Crippen LogP contribution in [0.4, 0.5) is 17.1 Å². The molecule has 6 heteroatoms. The number of ether oxygens (including phenoxy) is 1. The van der Waals surface area contributed by atoms with E-state index in [-0.39, 0.29) is 48.6 Å². The van der Waals surface area contributed by atoms with Crippen LogP contribution < -0.4 is 14.5 Å². The van der Waals surface area contributed by atoms with E-state index in [0.29, 0.717) is 11.5 Å². The molecular weight excluding hydrogens is 1140 g/mol. The van der Waals surface area contributed by atoms with Gasteiger partial charge in [0.15, 0.2) is 0 Å². The van der Waals surface area contributed by atoms with Gasteiger partial charge in [0, 0.05) is 67.0 Å². The molecule has 0 atom stereocenters. The van der Waals surface area contributed by atoms with Gasteiger partial charge < -0.3 is 19.1 Å². The zero-order valence-electron chi connectivity index (χ0n) is 47.7. The van der Waals surface area contributed by atoms with E-state index in [0.717, 1.165) is 33.3 Å². The van der Waals surface area contributed by atoms with Gasteiger partial charge in [-0.05, 0) is 136 Å². The molecule has 0 bridgehead atoms. The molecule has 0 radical (unpaired) electrons. The third kappa shape index (κ3) is 7.47. The standard InChI is InChI=1S/C73H67N4O.Pt/c1-69(2,3)44-36-54-55-37-45(70(4,5)6)39-59(72(10,11)12)67(55)73(66(54)58(38-44)71(7,8)9)56-32-30-47(41-63(56)76-42-75(13)61-26-20-25-57(73)68(61)76)78-46-29-31-50-53-35-43(28-33-60(53)77(62(50)40-46)64-27-18-19-34-74-64)65-51-23-16-14-21-48(51)49-22-15-17-24-52(49)65;/h14-39,42,65H,1-13H3;/q-3;. The average molecular weight is 1210 g/mol. The molecule has 0 amide bonds. The van der Waals surface area contributed by atoms with Crippen LogP contribution in [0.1, 0.15) is 150 Å². The molecule has 1 spiro atoms. The van der Waals surface area contributed by atoms with Crippen molar-refractivity contribution in [1.82, 2.24) is 9.55 Å². The molecule has 79 heavy (non-hydrogen) atoms. The van der Waals surface area contributed by atoms with Crippen molar-refractivity contribution in [2.75, 3.05) is 16.8 Å². The molecule has 398 valence electrons. The molecule has 0 saturated carbocycles. The number of hydrogen-bond acceptors (Lipinski definition) is 4. The van der Waals surface area contributed by atoms with Crippen molar-refractivity contribution in [3.8, 4) is 39.6 Å². The van der Waals surface area contributed by atoms with Crippen molar-refractivity contribution in [2.45, 2.75) is 116 Å². The minimum atomic E-state index is -0.690. The summed E-state index contributed by atoms with van der Waals surface area (Å²) in [5.41, 5.74) is 24.1. The molecule has 10 aromatic rings. The Kier molecular flexibility index (Phi) is 11.3. The molecule has 2 aromatic heterocycles. The van der Waals surface area contributed by atoms with Crippen LogP contribution in [0.3, 0.4) is 0 Å². The van der Waals surface area contributed by atoms with Crippen molar-refractivity contribution in [3.63, 3.8) is 0 Å². The smallest absolute Gasteiger partial charge is 0.135 e. The largest absolute Gasteiger partial charge is 0.509 e. The number of benzene rings is 8. The van der Waals surface area contributed by atoms with Crippen LogP contribution in [0.15, 0.2) is 158 Å². The Hall–Kier alpha value is -7.20. The fourth-order valence-electron chi connectivity index (χ4n) is 13.8. The Bertz CT molecular complexity index is 4050. The number of hydrogen-bond donors (Lipinski definition) is 0. The molecule has 4 heterocycles. The Morgan fingerprint density at radius 3 is 1.73 bits per heavy atom. The molecular formula is C73H67N4OPt-3. The minimum Gasteiger partial charge on any atom is -0.509 e. The molecule has 0 N–H and O–H groups in total. The van der Waals surface area contributed by atoms with Crippen LogP contribution in [0.5, 0.6) is 11.5 Å². The molecule has 2 aliphatic heterocycles. The monoisotopic (exact) mass is 1210 g/mol. The summed E-state index contributed by atoms with van der Waals surface area (Å²) in [6.45, 7) is 30.8. The van der Waals surface area contributed by atoms with E-state index in [2.05, 4.69) is 269 Å². The van der Waals surface area contributed by atoms with Gasteiger partial charge in [0.2, 0.25) is 0 Å². The second-order valence-electron chi connectivity index (χ2n) is 26.6. The molecule has 0 unspecified atom stereocenters. The topological polar surface area (TPSA) is 33.5 Å². The van der Waals surface area contributed by atoms with E-state index >= 15 is 0 Å². The van der Waals surface area contributed by atoms with E-state index in [1.807, 2.05) is 12.3 Å². The first-order valence-electron chi connectivity index (χ1n) is 27.9. The second kappa shape index (κ2) is 17.4. The van der Waals surface area contributed by atoms with Gasteiger partial charge in [-0.3, -0.25) is 0 Å². The second-order valence-corrected chi connectivity index (χ2v) is 26.6. The summed E-state index contributed by atoms with van der Waals surface area (Å²) in [6, 6.07) is 64.5. The number of nitrogens with zero attached hydrogens (tertiary/aromatic N) is 4. The summed E-state index contributed by atoms with van der Waals surface area (Å²) in [7, 11) is 2.17. The van der Waals surface area contributed by atoms with Crippen molar-refractivity contribution in [1.29, 1.82) is 0 Å². The summed E-state index contributed by atoms with van der Waals surface area (Å²) in [5.74, 6) is 2.19. The molecule has 8 aromatic carbocycles. The summed E-state index contributed by atoms with van der Waals surface area (Å²) in [5, 5.41) is 2.24. The maximum atomic E-state index is 7.10. The fourth-order valence-corrected chi connectivity index (χ4v) is 13.8. The van der Waals surface area contributed by atoms with Crippen molar-refractivity contribution >= 4 is 38.9 Å². The van der Waals surface area contributed by atoms with Gasteiger partial charge in [0.25, 0.3) is 0 Å². The maximum Gasteiger partial charge on any atom is 0.135 e. The van der Waals surface area contributed by atoms with E-state index in [9.17, 15) is 0 Å². The van der Waals surface area contributed by atoms with Crippen LogP contribution in [0, 0.1) is 18.8 Å². The molecule has 5 nitrogen and oxygen atoms in total. The molecule has 14 rings (SSSR count). The Labute approximate surface area is 481 Å². The first-order chi connectivity index (χ1) is 37.1. The minimum absolute atomic E-state index is 0. The number of pyridine rings is 1. The average Bonchev–Trinajstić information content (AvgIpc) is 2.10. The van der Waals surface area contributed by atoms with E-state index in [1.165, 1.54) is 94.8 Å². The predicted molar refractivity (Wildman–Crippen MR) is 323 cm³/mol. The summed E-state index contributed by atoms with van der Waals surface area (Å²) in [6.07, 6.45) is 1.86. The quantitative estimate of drug-likeness (QED) is 0.164. The number of anilines is 3. The van der Waals surface area contributed by atoms with Gasteiger partial charge in [0.05, 0.1) is 0 Å². The predicted octanol–water partition coefficient (Wildman–Crippen LogP) is 18.3. The third-order valence-electron chi connectivity index (χ3n) is 17.5. The van der Waals surface area contributed by atoms with Gasteiger partial charge in [-0.15, -0.1) is 35.2 Å². The number of aromatic nitrogens is 2. The molecule has 0 fully saturated rings. The van der Waals surface area contributed by atoms with E-state index < -0.39 is 5.41 Å². The third-order valence-corrected chi connectivity index (χ3v) is 17.5. The van der Waals surface area contributed by atoms with Crippen molar-refractivity contribution in [2.24, 2.45) is 0 Å². The van der Waals surface area contributed by atoms with Crippen LogP contribution in [0.2, 0.25) is 0 Å². The van der Waals surface area contributed by atoms with E-state index in [4.69, 9.17) is 9.72 Å². The summed E-state index contributed by atoms with van der Waals surface area (Å²) < 4.78 is 9.33. The van der Waals surface area contributed by atoms with E-state index in [1.54, 1.807) is 0 Å². The normalized spacial score (nSPS) is 15.0. The molecule has 2 aliphatic carbocycles. The maximum absolute atomic E-state index is 7.10. The summed E-state index contributed by atoms with van der Waals surface area (Å²) >= 11 is 0. The van der Waals surface area contributed by atoms with Crippen molar-refractivity contribution < 1.29 is 25.8 Å². The van der Waals surface area contributed by atoms with Crippen molar-refractivity contribution in [3.05, 3.63) is 238 Å². The summed E-state index contributed by atoms with van der Waals surface area (Å²) in [4.78, 5) is 9.56. The van der Waals surface area contributed by atoms with Crippen LogP contribution in [-0.4, -0.2) is 16.6 Å². The van der Waals surface area contributed by atoms with Gasteiger partial charge in [-0.1, -0.05) is 197 Å². The molecule has 4 aliphatic rings. The first-order valence-corrected chi connectivity index (χ1v) is 27.9. The van der Waals surface area contributed by atoms with Gasteiger partial charge in [-0.25, -0.2) is 4.98 Å². The first kappa shape index (κ1) is 51.2. The Morgan fingerprint density at radius 2 is 1.14 bits per heavy atom. The van der Waals surface area contributed by atoms with Crippen LogP contribution in [0.25, 0.3) is 49.9 Å². The Balaban J connectivity index is 0.00000591. The zero-order valence-corrected chi connectivity index (χ0v) is 50.0. The van der Waals surface area contributed by atoms with Gasteiger partial charge in [0.1, 0.15) is 5.82 Å². The number of para-hydroxylation sites is 1. The number of fused-ring (bicyclic) bond motifs is 15. The molecule has 0 saturated heterocycles. The van der Waals surface area contributed by atoms with Crippen LogP contribution >= 0.6 is 0 Å². The zero-order chi connectivity index (χ0) is 54.2. The SMILES string of the molecule is CN1[CH-]N2c3[c-]c(Oc4[c-]c5c(cc4)c4cc(C6c7ccccc7-c7ccccc76)ccc4n5-c4ccccn4)ccc3C3(c4cccc1c42)c1c(cc(C(C)(C)C)cc1C(C)(C)C)-c1cc(C(C)(C)C)cc(C(C)(C)C)c13.[Pt]. The number of rotatable bonds is 4. The van der Waals surface area contributed by atoms with Gasteiger partial charge in [-0.2, -0.15) is 18.8 Å². The Morgan fingerprint density at radius 1 is 0.544 bits per heavy atom. The van der Waals surface area contributed by atoms with Gasteiger partial charge >= 0.3 is 0 Å². The fraction of sp³-hybridized carbons (Fsp3) is 0.260.